The highest BCUT2D eigenvalue weighted by Crippen LogP contribution is 2.24. The Morgan fingerprint density at radius 1 is 1.04 bits per heavy atom. The molecular weight excluding hydrogens is 352 g/mol. The molecule has 5 heteroatoms. The number of carbonyl (C=O) groups excluding carboxylic acids is 2. The molecule has 2 amide bonds. The van der Waals surface area contributed by atoms with Crippen molar-refractivity contribution in [2.45, 2.75) is 46.0 Å². The highest BCUT2D eigenvalue weighted by atomic mass is 16.5. The van der Waals surface area contributed by atoms with Crippen LogP contribution >= 0.6 is 0 Å². The van der Waals surface area contributed by atoms with E-state index in [0.717, 1.165) is 12.8 Å². The van der Waals surface area contributed by atoms with Gasteiger partial charge >= 0.3 is 0 Å². The number of ether oxygens (including phenoxy) is 1. The first kappa shape index (κ1) is 21.5. The van der Waals surface area contributed by atoms with Crippen LogP contribution in [-0.4, -0.2) is 25.0 Å². The zero-order valence-corrected chi connectivity index (χ0v) is 17.2. The number of hydrogen-bond acceptors (Lipinski definition) is 3. The zero-order chi connectivity index (χ0) is 20.6. The number of carbonyl (C=O) groups is 2. The van der Waals surface area contributed by atoms with Crippen LogP contribution < -0.4 is 15.4 Å². The lowest BCUT2D eigenvalue weighted by atomic mass is 9.87. The summed E-state index contributed by atoms with van der Waals surface area (Å²) in [5.41, 5.74) is 2.37. The van der Waals surface area contributed by atoms with Crippen molar-refractivity contribution >= 4 is 17.5 Å². The minimum absolute atomic E-state index is 0.0732. The van der Waals surface area contributed by atoms with E-state index in [1.807, 2.05) is 24.3 Å². The molecule has 0 radical (unpaired) electrons. The number of amides is 2. The maximum Gasteiger partial charge on any atom is 0.262 e. The Hall–Kier alpha value is -2.82. The second kappa shape index (κ2) is 9.93. The molecule has 0 bridgehead atoms. The van der Waals surface area contributed by atoms with E-state index >= 15 is 0 Å². The number of rotatable bonds is 8. The van der Waals surface area contributed by atoms with E-state index in [-0.39, 0.29) is 23.8 Å². The van der Waals surface area contributed by atoms with E-state index in [9.17, 15) is 9.59 Å². The summed E-state index contributed by atoms with van der Waals surface area (Å²) in [5, 5.41) is 5.63. The van der Waals surface area contributed by atoms with Crippen LogP contribution in [0.3, 0.4) is 0 Å². The topological polar surface area (TPSA) is 67.4 Å². The fourth-order valence-corrected chi connectivity index (χ4v) is 2.62. The third-order valence-corrected chi connectivity index (χ3v) is 4.31. The van der Waals surface area contributed by atoms with Crippen molar-refractivity contribution in [1.29, 1.82) is 0 Å². The van der Waals surface area contributed by atoms with Crippen LogP contribution in [0.25, 0.3) is 0 Å². The molecule has 0 fully saturated rings. The Balaban J connectivity index is 1.87. The Morgan fingerprint density at radius 2 is 1.75 bits per heavy atom. The maximum absolute atomic E-state index is 12.2. The molecule has 0 unspecified atom stereocenters. The van der Waals surface area contributed by atoms with Gasteiger partial charge in [0, 0.05) is 17.8 Å². The fraction of sp³-hybridized carbons (Fsp3) is 0.391. The number of unbranched alkanes of at least 4 members (excludes halogenated alkanes) is 1. The Labute approximate surface area is 167 Å². The van der Waals surface area contributed by atoms with Crippen molar-refractivity contribution in [1.82, 2.24) is 5.32 Å². The second-order valence-electron chi connectivity index (χ2n) is 7.80. The van der Waals surface area contributed by atoms with Gasteiger partial charge in [0.25, 0.3) is 11.8 Å². The molecule has 0 aliphatic carbocycles. The van der Waals surface area contributed by atoms with Gasteiger partial charge in [-0.3, -0.25) is 9.59 Å². The van der Waals surface area contributed by atoms with Gasteiger partial charge < -0.3 is 15.4 Å². The monoisotopic (exact) mass is 382 g/mol. The molecular formula is C23H30N2O3. The largest absolute Gasteiger partial charge is 0.484 e. The molecule has 0 spiro atoms. The van der Waals surface area contributed by atoms with Crippen LogP contribution in [0.15, 0.2) is 48.5 Å². The summed E-state index contributed by atoms with van der Waals surface area (Å²) in [7, 11) is 0. The first-order chi connectivity index (χ1) is 13.3. The normalized spacial score (nSPS) is 11.0. The van der Waals surface area contributed by atoms with Crippen molar-refractivity contribution in [2.24, 2.45) is 0 Å². The van der Waals surface area contributed by atoms with Gasteiger partial charge in [-0.15, -0.1) is 0 Å². The van der Waals surface area contributed by atoms with Crippen molar-refractivity contribution in [2.75, 3.05) is 18.5 Å². The van der Waals surface area contributed by atoms with Gasteiger partial charge in [-0.1, -0.05) is 52.3 Å². The molecule has 0 aliphatic rings. The molecule has 0 heterocycles. The Kier molecular flexibility index (Phi) is 7.61. The molecule has 2 N–H and O–H groups in total. The summed E-state index contributed by atoms with van der Waals surface area (Å²) in [4.78, 5) is 24.3. The van der Waals surface area contributed by atoms with Crippen molar-refractivity contribution in [3.05, 3.63) is 59.7 Å². The van der Waals surface area contributed by atoms with Crippen LogP contribution in [0, 0.1) is 0 Å². The average Bonchev–Trinajstić information content (AvgIpc) is 2.66. The molecule has 28 heavy (non-hydrogen) atoms. The van der Waals surface area contributed by atoms with Crippen molar-refractivity contribution in [3.63, 3.8) is 0 Å². The molecule has 150 valence electrons. The lowest BCUT2D eigenvalue weighted by Gasteiger charge is -2.19. The number of hydrogen-bond donors (Lipinski definition) is 2. The van der Waals surface area contributed by atoms with Crippen LogP contribution in [-0.2, 0) is 10.2 Å². The number of nitrogens with one attached hydrogen (secondary N) is 2. The van der Waals surface area contributed by atoms with Crippen LogP contribution in [0.5, 0.6) is 5.75 Å². The molecule has 2 rings (SSSR count). The standard InChI is InChI=1S/C23H30N2O3/c1-5-6-14-24-22(27)17-8-7-9-19(15-17)25-21(26)16-28-20-12-10-18(11-13-20)23(2,3)4/h7-13,15H,5-6,14,16H2,1-4H3,(H,24,27)(H,25,26). The Morgan fingerprint density at radius 3 is 2.39 bits per heavy atom. The van der Waals surface area contributed by atoms with Gasteiger partial charge in [-0.2, -0.15) is 0 Å². The number of benzene rings is 2. The minimum atomic E-state index is -0.275. The van der Waals surface area contributed by atoms with Crippen LogP contribution in [0.2, 0.25) is 0 Å². The van der Waals surface area contributed by atoms with Crippen LogP contribution in [0.4, 0.5) is 5.69 Å². The van der Waals surface area contributed by atoms with Gasteiger partial charge in [-0.05, 0) is 47.7 Å². The summed E-state index contributed by atoms with van der Waals surface area (Å²) in [5.74, 6) is 0.232. The first-order valence-corrected chi connectivity index (χ1v) is 9.71. The van der Waals surface area contributed by atoms with Gasteiger partial charge in [-0.25, -0.2) is 0 Å². The van der Waals surface area contributed by atoms with E-state index in [4.69, 9.17) is 4.74 Å². The third-order valence-electron chi connectivity index (χ3n) is 4.31. The highest BCUT2D eigenvalue weighted by Gasteiger charge is 2.13. The number of anilines is 1. The molecule has 2 aromatic rings. The predicted octanol–water partition coefficient (Wildman–Crippen LogP) is 4.53. The summed E-state index contributed by atoms with van der Waals surface area (Å²) < 4.78 is 5.56. The average molecular weight is 383 g/mol. The maximum atomic E-state index is 12.2. The smallest absolute Gasteiger partial charge is 0.262 e. The zero-order valence-electron chi connectivity index (χ0n) is 17.2. The molecule has 5 nitrogen and oxygen atoms in total. The van der Waals surface area contributed by atoms with E-state index in [2.05, 4.69) is 38.3 Å². The summed E-state index contributed by atoms with van der Waals surface area (Å²) in [6.45, 7) is 9.07. The SMILES string of the molecule is CCCCNC(=O)c1cccc(NC(=O)COc2ccc(C(C)(C)C)cc2)c1. The molecule has 2 aromatic carbocycles. The quantitative estimate of drug-likeness (QED) is 0.659. The predicted molar refractivity (Wildman–Crippen MR) is 113 cm³/mol. The van der Waals surface area contributed by atoms with E-state index in [1.54, 1.807) is 24.3 Å². The molecule has 0 aliphatic heterocycles. The van der Waals surface area contributed by atoms with Gasteiger partial charge in [0.15, 0.2) is 6.61 Å². The van der Waals surface area contributed by atoms with Gasteiger partial charge in [0.05, 0.1) is 0 Å². The summed E-state index contributed by atoms with van der Waals surface area (Å²) in [6.07, 6.45) is 1.96. The van der Waals surface area contributed by atoms with Crippen molar-refractivity contribution < 1.29 is 14.3 Å². The molecule has 0 saturated heterocycles. The molecule has 0 saturated carbocycles. The lowest BCUT2D eigenvalue weighted by Crippen LogP contribution is -2.25. The molecule has 0 aromatic heterocycles. The minimum Gasteiger partial charge on any atom is -0.484 e. The van der Waals surface area contributed by atoms with Gasteiger partial charge in [0.2, 0.25) is 0 Å². The fourth-order valence-electron chi connectivity index (χ4n) is 2.62. The second-order valence-corrected chi connectivity index (χ2v) is 7.80. The van der Waals surface area contributed by atoms with E-state index in [0.29, 0.717) is 23.5 Å². The van der Waals surface area contributed by atoms with Crippen molar-refractivity contribution in [3.8, 4) is 5.75 Å². The lowest BCUT2D eigenvalue weighted by molar-refractivity contribution is -0.118. The summed E-state index contributed by atoms with van der Waals surface area (Å²) >= 11 is 0. The van der Waals surface area contributed by atoms with Gasteiger partial charge in [0.1, 0.15) is 5.75 Å². The first-order valence-electron chi connectivity index (χ1n) is 9.71. The third kappa shape index (κ3) is 6.72. The van der Waals surface area contributed by atoms with E-state index in [1.165, 1.54) is 5.56 Å². The highest BCUT2D eigenvalue weighted by molar-refractivity contribution is 5.97. The Bertz CT molecular complexity index is 792. The van der Waals surface area contributed by atoms with Crippen LogP contribution in [0.1, 0.15) is 56.5 Å². The summed E-state index contributed by atoms with van der Waals surface area (Å²) in [6, 6.07) is 14.6. The van der Waals surface area contributed by atoms with E-state index < -0.39 is 0 Å². The molecule has 0 atom stereocenters.